The fourth-order valence-electron chi connectivity index (χ4n) is 1.60. The predicted octanol–water partition coefficient (Wildman–Crippen LogP) is 3.40. The Hall–Kier alpha value is -1.62. The van der Waals surface area contributed by atoms with Crippen LogP contribution in [0.15, 0.2) is 29.4 Å². The SMILES string of the molecule is CCC(/C=N\NC(=S)Nc1ccccc1OC)CC. The molecular formula is C14H21N3OS. The lowest BCUT2D eigenvalue weighted by atomic mass is 10.1. The lowest BCUT2D eigenvalue weighted by Crippen LogP contribution is -2.24. The monoisotopic (exact) mass is 279 g/mol. The molecule has 0 atom stereocenters. The van der Waals surface area contributed by atoms with Crippen molar-refractivity contribution in [3.63, 3.8) is 0 Å². The molecule has 0 saturated carbocycles. The molecule has 1 aromatic carbocycles. The molecule has 0 aliphatic heterocycles. The van der Waals surface area contributed by atoms with Crippen LogP contribution in [0.1, 0.15) is 26.7 Å². The molecule has 0 aliphatic rings. The predicted molar refractivity (Wildman–Crippen MR) is 84.9 cm³/mol. The van der Waals surface area contributed by atoms with Gasteiger partial charge in [-0.05, 0) is 43.1 Å². The largest absolute Gasteiger partial charge is 0.495 e. The maximum absolute atomic E-state index is 5.24. The van der Waals surface area contributed by atoms with Gasteiger partial charge >= 0.3 is 0 Å². The van der Waals surface area contributed by atoms with Gasteiger partial charge in [0, 0.05) is 6.21 Å². The fraction of sp³-hybridized carbons (Fsp3) is 0.429. The van der Waals surface area contributed by atoms with Gasteiger partial charge < -0.3 is 10.1 Å². The van der Waals surface area contributed by atoms with Crippen LogP contribution in [0.5, 0.6) is 5.75 Å². The minimum atomic E-state index is 0.451. The third-order valence-electron chi connectivity index (χ3n) is 2.86. The summed E-state index contributed by atoms with van der Waals surface area (Å²) in [4.78, 5) is 0. The van der Waals surface area contributed by atoms with E-state index in [-0.39, 0.29) is 0 Å². The van der Waals surface area contributed by atoms with Gasteiger partial charge in [0.15, 0.2) is 5.11 Å². The van der Waals surface area contributed by atoms with Crippen molar-refractivity contribution in [3.05, 3.63) is 24.3 Å². The molecule has 104 valence electrons. The van der Waals surface area contributed by atoms with Gasteiger partial charge in [-0.15, -0.1) is 0 Å². The molecule has 0 saturated heterocycles. The molecular weight excluding hydrogens is 258 g/mol. The highest BCUT2D eigenvalue weighted by Gasteiger charge is 2.03. The Morgan fingerprint density at radius 3 is 2.68 bits per heavy atom. The molecule has 2 N–H and O–H groups in total. The molecule has 4 nitrogen and oxygen atoms in total. The van der Waals surface area contributed by atoms with E-state index in [4.69, 9.17) is 17.0 Å². The van der Waals surface area contributed by atoms with Gasteiger partial charge in [-0.3, -0.25) is 5.43 Å². The highest BCUT2D eigenvalue weighted by Crippen LogP contribution is 2.22. The average molecular weight is 279 g/mol. The van der Waals surface area contributed by atoms with Crippen LogP contribution in [0.4, 0.5) is 5.69 Å². The van der Waals surface area contributed by atoms with Crippen molar-refractivity contribution in [1.29, 1.82) is 0 Å². The number of ether oxygens (including phenoxy) is 1. The topological polar surface area (TPSA) is 45.7 Å². The molecule has 0 heterocycles. The van der Waals surface area contributed by atoms with Gasteiger partial charge in [0.25, 0.3) is 0 Å². The van der Waals surface area contributed by atoms with E-state index >= 15 is 0 Å². The molecule has 19 heavy (non-hydrogen) atoms. The first-order chi connectivity index (χ1) is 9.21. The van der Waals surface area contributed by atoms with Crippen LogP contribution in [0, 0.1) is 5.92 Å². The second-order valence-electron chi connectivity index (χ2n) is 4.12. The number of methoxy groups -OCH3 is 1. The van der Waals surface area contributed by atoms with Crippen molar-refractivity contribution in [2.75, 3.05) is 12.4 Å². The lowest BCUT2D eigenvalue weighted by Gasteiger charge is -2.11. The third kappa shape index (κ3) is 5.26. The van der Waals surface area contributed by atoms with Crippen molar-refractivity contribution < 1.29 is 4.74 Å². The minimum Gasteiger partial charge on any atom is -0.495 e. The van der Waals surface area contributed by atoms with Crippen molar-refractivity contribution in [2.24, 2.45) is 11.0 Å². The zero-order valence-corrected chi connectivity index (χ0v) is 12.5. The van der Waals surface area contributed by atoms with E-state index in [9.17, 15) is 0 Å². The number of thiocarbonyl (C=S) groups is 1. The summed E-state index contributed by atoms with van der Waals surface area (Å²) in [5.41, 5.74) is 3.64. The molecule has 0 radical (unpaired) electrons. The number of para-hydroxylation sites is 2. The number of hydrogen-bond donors (Lipinski definition) is 2. The summed E-state index contributed by atoms with van der Waals surface area (Å²) in [5.74, 6) is 1.23. The maximum Gasteiger partial charge on any atom is 0.191 e. The summed E-state index contributed by atoms with van der Waals surface area (Å²) < 4.78 is 5.24. The quantitative estimate of drug-likeness (QED) is 0.476. The number of nitrogens with one attached hydrogen (secondary N) is 2. The molecule has 0 aliphatic carbocycles. The standard InChI is InChI=1S/C14H21N3OS/c1-4-11(5-2)10-15-17-14(19)16-12-8-6-7-9-13(12)18-3/h6-11H,4-5H2,1-3H3,(H2,16,17,19)/b15-10-. The van der Waals surface area contributed by atoms with Crippen LogP contribution in [0.2, 0.25) is 0 Å². The summed E-state index contributed by atoms with van der Waals surface area (Å²) in [7, 11) is 1.63. The molecule has 5 heteroatoms. The van der Waals surface area contributed by atoms with E-state index in [2.05, 4.69) is 29.7 Å². The number of anilines is 1. The fourth-order valence-corrected chi connectivity index (χ4v) is 1.76. The Balaban J connectivity index is 2.51. The first-order valence-corrected chi connectivity index (χ1v) is 6.85. The van der Waals surface area contributed by atoms with Gasteiger partial charge in [-0.2, -0.15) is 5.10 Å². The number of rotatable bonds is 6. The molecule has 0 amide bonds. The Kier molecular flexibility index (Phi) is 6.89. The summed E-state index contributed by atoms with van der Waals surface area (Å²) in [6, 6.07) is 7.60. The molecule has 0 fully saturated rings. The highest BCUT2D eigenvalue weighted by molar-refractivity contribution is 7.80. The third-order valence-corrected chi connectivity index (χ3v) is 3.05. The van der Waals surface area contributed by atoms with Gasteiger partial charge in [-0.1, -0.05) is 26.0 Å². The van der Waals surface area contributed by atoms with Crippen molar-refractivity contribution in [1.82, 2.24) is 5.43 Å². The lowest BCUT2D eigenvalue weighted by molar-refractivity contribution is 0.417. The number of nitrogens with zero attached hydrogens (tertiary/aromatic N) is 1. The Morgan fingerprint density at radius 2 is 2.05 bits per heavy atom. The maximum atomic E-state index is 5.24. The van der Waals surface area contributed by atoms with E-state index in [1.54, 1.807) is 7.11 Å². The Bertz CT molecular complexity index is 430. The minimum absolute atomic E-state index is 0.451. The van der Waals surface area contributed by atoms with Crippen LogP contribution in [-0.2, 0) is 0 Å². The molecule has 0 bridgehead atoms. The van der Waals surface area contributed by atoms with Gasteiger partial charge in [0.05, 0.1) is 12.8 Å². The number of benzene rings is 1. The average Bonchev–Trinajstić information content (AvgIpc) is 2.44. The summed E-state index contributed by atoms with van der Waals surface area (Å²) in [6.07, 6.45) is 4.05. The molecule has 0 unspecified atom stereocenters. The first-order valence-electron chi connectivity index (χ1n) is 6.44. The second kappa shape index (κ2) is 8.48. The van der Waals surface area contributed by atoms with Crippen LogP contribution in [0.25, 0.3) is 0 Å². The first kappa shape index (κ1) is 15.4. The summed E-state index contributed by atoms with van der Waals surface area (Å²) >= 11 is 5.18. The van der Waals surface area contributed by atoms with Crippen molar-refractivity contribution >= 4 is 29.2 Å². The summed E-state index contributed by atoms with van der Waals surface area (Å²) in [6.45, 7) is 4.29. The molecule has 0 spiro atoms. The Labute approximate surface area is 120 Å². The van der Waals surface area contributed by atoms with E-state index in [0.717, 1.165) is 24.3 Å². The van der Waals surface area contributed by atoms with Crippen LogP contribution >= 0.6 is 12.2 Å². The number of hydrogen-bond acceptors (Lipinski definition) is 3. The van der Waals surface area contributed by atoms with E-state index in [1.807, 2.05) is 30.5 Å². The van der Waals surface area contributed by atoms with Crippen LogP contribution in [-0.4, -0.2) is 18.4 Å². The van der Waals surface area contributed by atoms with Gasteiger partial charge in [-0.25, -0.2) is 0 Å². The van der Waals surface area contributed by atoms with E-state index < -0.39 is 0 Å². The van der Waals surface area contributed by atoms with Crippen molar-refractivity contribution in [2.45, 2.75) is 26.7 Å². The van der Waals surface area contributed by atoms with Crippen LogP contribution in [0.3, 0.4) is 0 Å². The molecule has 0 aromatic heterocycles. The zero-order valence-electron chi connectivity index (χ0n) is 11.6. The van der Waals surface area contributed by atoms with Gasteiger partial charge in [0.2, 0.25) is 0 Å². The van der Waals surface area contributed by atoms with E-state index in [1.165, 1.54) is 0 Å². The van der Waals surface area contributed by atoms with E-state index in [0.29, 0.717) is 11.0 Å². The van der Waals surface area contributed by atoms with Crippen LogP contribution < -0.4 is 15.5 Å². The number of hydrazone groups is 1. The highest BCUT2D eigenvalue weighted by atomic mass is 32.1. The molecule has 1 rings (SSSR count). The van der Waals surface area contributed by atoms with Crippen molar-refractivity contribution in [3.8, 4) is 5.75 Å². The normalized spacial score (nSPS) is 10.7. The molecule has 1 aromatic rings. The second-order valence-corrected chi connectivity index (χ2v) is 4.53. The Morgan fingerprint density at radius 1 is 1.37 bits per heavy atom. The summed E-state index contributed by atoms with van der Waals surface area (Å²) in [5, 5.41) is 7.65. The zero-order chi connectivity index (χ0) is 14.1. The smallest absolute Gasteiger partial charge is 0.191 e. The van der Waals surface area contributed by atoms with Gasteiger partial charge in [0.1, 0.15) is 5.75 Å².